The van der Waals surface area contributed by atoms with Crippen molar-refractivity contribution in [3.05, 3.63) is 166 Å². The Hall–Kier alpha value is -6.28. The van der Waals surface area contributed by atoms with E-state index in [1.807, 2.05) is 72.8 Å². The van der Waals surface area contributed by atoms with Gasteiger partial charge in [-0.15, -0.1) is 0 Å². The number of ketones is 2. The molecule has 6 aromatic rings. The van der Waals surface area contributed by atoms with Crippen LogP contribution in [0.1, 0.15) is 71.0 Å². The van der Waals surface area contributed by atoms with Gasteiger partial charge in [-0.3, -0.25) is 19.2 Å². The van der Waals surface area contributed by atoms with E-state index < -0.39 is 17.9 Å². The number of hydrogen-bond donors (Lipinski definition) is 2. The van der Waals surface area contributed by atoms with Gasteiger partial charge in [-0.1, -0.05) is 121 Å². The number of carbonyl (C=O) groups is 4. The fourth-order valence-electron chi connectivity index (χ4n) is 6.21. The Morgan fingerprint density at radius 1 is 0.549 bits per heavy atom. The van der Waals surface area contributed by atoms with Gasteiger partial charge in [0.15, 0.2) is 11.6 Å². The predicted molar refractivity (Wildman–Crippen MR) is 196 cm³/mol. The normalized spacial score (nSPS) is 11.5. The quantitative estimate of drug-likeness (QED) is 0.119. The number of nitrogens with one attached hydrogen (secondary N) is 2. The van der Waals surface area contributed by atoms with Gasteiger partial charge >= 0.3 is 0 Å². The number of Topliss-reactive ketones (excluding diaryl/α,β-unsaturated/α-hetero) is 2. The van der Waals surface area contributed by atoms with E-state index in [9.17, 15) is 19.2 Å². The second-order valence-corrected chi connectivity index (χ2v) is 12.4. The maximum atomic E-state index is 13.9. The average molecular weight is 679 g/mol. The van der Waals surface area contributed by atoms with E-state index in [0.717, 1.165) is 11.1 Å². The summed E-state index contributed by atoms with van der Waals surface area (Å²) in [7, 11) is 0. The van der Waals surface area contributed by atoms with Crippen LogP contribution in [0.5, 0.6) is 0 Å². The van der Waals surface area contributed by atoms with E-state index in [4.69, 9.17) is 8.83 Å². The molecule has 2 heterocycles. The molecule has 0 saturated heterocycles. The maximum Gasteiger partial charge on any atom is 0.255 e. The van der Waals surface area contributed by atoms with Crippen molar-refractivity contribution in [1.29, 1.82) is 0 Å². The smallest absolute Gasteiger partial charge is 0.255 e. The lowest BCUT2D eigenvalue weighted by atomic mass is 9.96. The van der Waals surface area contributed by atoms with Crippen LogP contribution >= 0.6 is 0 Å². The summed E-state index contributed by atoms with van der Waals surface area (Å²) in [5, 5.41) is 5.90. The van der Waals surface area contributed by atoms with Gasteiger partial charge in [0, 0.05) is 58.8 Å². The number of carbonyl (C=O) groups excluding carboxylic acids is 4. The van der Waals surface area contributed by atoms with Crippen LogP contribution in [0, 0.1) is 13.8 Å². The molecule has 0 aliphatic rings. The van der Waals surface area contributed by atoms with Crippen molar-refractivity contribution in [3.8, 4) is 22.6 Å². The monoisotopic (exact) mass is 678 g/mol. The van der Waals surface area contributed by atoms with Crippen molar-refractivity contribution >= 4 is 23.4 Å². The van der Waals surface area contributed by atoms with E-state index >= 15 is 0 Å². The molecule has 51 heavy (non-hydrogen) atoms. The van der Waals surface area contributed by atoms with Gasteiger partial charge in [-0.2, -0.15) is 0 Å². The molecule has 256 valence electrons. The lowest BCUT2D eigenvalue weighted by Gasteiger charge is -2.16. The first kappa shape index (κ1) is 34.6. The van der Waals surface area contributed by atoms with Crippen LogP contribution in [0.2, 0.25) is 0 Å². The zero-order valence-electron chi connectivity index (χ0n) is 28.7. The average Bonchev–Trinajstić information content (AvgIpc) is 3.66. The Labute approximate surface area is 296 Å². The van der Waals surface area contributed by atoms with Crippen LogP contribution in [0.15, 0.2) is 130 Å². The molecule has 4 aromatic carbocycles. The molecule has 0 saturated carbocycles. The highest BCUT2D eigenvalue weighted by Crippen LogP contribution is 2.34. The van der Waals surface area contributed by atoms with Crippen molar-refractivity contribution in [3.63, 3.8) is 0 Å². The summed E-state index contributed by atoms with van der Waals surface area (Å²) in [6.07, 6.45) is -0.0674. The predicted octanol–water partition coefficient (Wildman–Crippen LogP) is 8.22. The van der Waals surface area contributed by atoms with Crippen LogP contribution in [0.25, 0.3) is 22.6 Å². The fraction of sp³-hybridized carbons (Fsp3) is 0.163. The van der Waals surface area contributed by atoms with Crippen molar-refractivity contribution in [2.75, 3.05) is 6.54 Å². The first-order valence-electron chi connectivity index (χ1n) is 16.8. The van der Waals surface area contributed by atoms with Gasteiger partial charge < -0.3 is 19.5 Å². The van der Waals surface area contributed by atoms with Gasteiger partial charge in [-0.25, -0.2) is 0 Å². The van der Waals surface area contributed by atoms with Gasteiger partial charge in [0.2, 0.25) is 0 Å². The number of rotatable bonds is 13. The summed E-state index contributed by atoms with van der Waals surface area (Å²) in [4.78, 5) is 54.3. The lowest BCUT2D eigenvalue weighted by molar-refractivity contribution is 0.0908. The molecular formula is C43H38N2O6. The SMILES string of the molecule is Cc1oc(-c2ccccc2)c(CC(=O)c2ccccc2)c1C(=O)NCC(C)NC(=O)c1c(C)oc(-c2ccccc2)c1CC(=O)c1ccccc1. The zero-order chi connectivity index (χ0) is 35.9. The molecule has 2 amide bonds. The third kappa shape index (κ3) is 7.81. The van der Waals surface area contributed by atoms with Crippen LogP contribution in [0.3, 0.4) is 0 Å². The van der Waals surface area contributed by atoms with E-state index in [0.29, 0.717) is 45.3 Å². The topological polar surface area (TPSA) is 119 Å². The van der Waals surface area contributed by atoms with E-state index in [2.05, 4.69) is 10.6 Å². The van der Waals surface area contributed by atoms with Crippen LogP contribution in [-0.4, -0.2) is 36.0 Å². The summed E-state index contributed by atoms with van der Waals surface area (Å²) < 4.78 is 12.3. The highest BCUT2D eigenvalue weighted by molar-refractivity contribution is 6.05. The third-order valence-corrected chi connectivity index (χ3v) is 8.70. The van der Waals surface area contributed by atoms with Crippen LogP contribution in [0.4, 0.5) is 0 Å². The minimum absolute atomic E-state index is 0.0331. The second kappa shape index (κ2) is 15.5. The number of furan rings is 2. The van der Waals surface area contributed by atoms with Gasteiger partial charge in [-0.05, 0) is 20.8 Å². The molecule has 0 aliphatic heterocycles. The summed E-state index contributed by atoms with van der Waals surface area (Å²) in [6, 6.07) is 36.1. The van der Waals surface area contributed by atoms with E-state index in [-0.39, 0.29) is 42.1 Å². The maximum absolute atomic E-state index is 13.9. The van der Waals surface area contributed by atoms with Crippen molar-refractivity contribution in [1.82, 2.24) is 10.6 Å². The minimum Gasteiger partial charge on any atom is -0.460 e. The van der Waals surface area contributed by atoms with Crippen LogP contribution < -0.4 is 10.6 Å². The summed E-state index contributed by atoms with van der Waals surface area (Å²) >= 11 is 0. The highest BCUT2D eigenvalue weighted by atomic mass is 16.3. The Morgan fingerprint density at radius 2 is 0.922 bits per heavy atom. The molecule has 1 unspecified atom stereocenters. The van der Waals surface area contributed by atoms with Gasteiger partial charge in [0.25, 0.3) is 11.8 Å². The molecule has 0 aliphatic carbocycles. The summed E-state index contributed by atoms with van der Waals surface area (Å²) in [6.45, 7) is 5.27. The minimum atomic E-state index is -0.510. The summed E-state index contributed by atoms with van der Waals surface area (Å²) in [5.74, 6) is 0.566. The largest absolute Gasteiger partial charge is 0.460 e. The zero-order valence-corrected chi connectivity index (χ0v) is 28.7. The molecule has 1 atom stereocenters. The molecule has 0 spiro atoms. The van der Waals surface area contributed by atoms with Crippen molar-refractivity contribution in [2.24, 2.45) is 0 Å². The Balaban J connectivity index is 1.22. The van der Waals surface area contributed by atoms with E-state index in [1.165, 1.54) is 0 Å². The first-order chi connectivity index (χ1) is 24.7. The Bertz CT molecular complexity index is 2170. The fourth-order valence-corrected chi connectivity index (χ4v) is 6.21. The van der Waals surface area contributed by atoms with Crippen LogP contribution in [-0.2, 0) is 12.8 Å². The second-order valence-electron chi connectivity index (χ2n) is 12.4. The molecule has 8 heteroatoms. The molecule has 0 fully saturated rings. The standard InChI is InChI=1S/C43H38N2O6/c1-27(45-43(49)39-29(3)51-41(33-22-14-7-15-23-33)35(39)25-37(47)31-18-10-5-11-19-31)26-44-42(48)38-28(2)50-40(32-20-12-6-13-21-32)34(38)24-36(46)30-16-8-4-9-17-30/h4-23,27H,24-26H2,1-3H3,(H,44,48)(H,45,49). The number of amides is 2. The lowest BCUT2D eigenvalue weighted by Crippen LogP contribution is -2.42. The summed E-state index contributed by atoms with van der Waals surface area (Å²) in [5.41, 5.74) is 4.15. The number of benzene rings is 4. The molecular weight excluding hydrogens is 640 g/mol. The Morgan fingerprint density at radius 3 is 1.33 bits per heavy atom. The van der Waals surface area contributed by atoms with Gasteiger partial charge in [0.05, 0.1) is 11.1 Å². The highest BCUT2D eigenvalue weighted by Gasteiger charge is 2.29. The molecule has 0 radical (unpaired) electrons. The number of hydrogen-bond acceptors (Lipinski definition) is 6. The molecule has 6 rings (SSSR count). The van der Waals surface area contributed by atoms with Gasteiger partial charge in [0.1, 0.15) is 23.0 Å². The molecule has 0 bridgehead atoms. The molecule has 8 nitrogen and oxygen atoms in total. The third-order valence-electron chi connectivity index (χ3n) is 8.70. The number of aryl methyl sites for hydroxylation is 2. The molecule has 2 aromatic heterocycles. The van der Waals surface area contributed by atoms with Crippen molar-refractivity contribution in [2.45, 2.75) is 39.7 Å². The van der Waals surface area contributed by atoms with E-state index in [1.54, 1.807) is 69.3 Å². The van der Waals surface area contributed by atoms with Crippen molar-refractivity contribution < 1.29 is 28.0 Å². The Kier molecular flexibility index (Phi) is 10.5. The first-order valence-corrected chi connectivity index (χ1v) is 16.8. The molecule has 2 N–H and O–H groups in total.